The highest BCUT2D eigenvalue weighted by Gasteiger charge is 2.18. The van der Waals surface area contributed by atoms with Crippen molar-refractivity contribution in [2.24, 2.45) is 0 Å². The fraction of sp³-hybridized carbons (Fsp3) is 0. The van der Waals surface area contributed by atoms with Gasteiger partial charge in [0.15, 0.2) is 0 Å². The Kier molecular flexibility index (Phi) is 4.27. The van der Waals surface area contributed by atoms with Gasteiger partial charge < -0.3 is 4.57 Å². The fourth-order valence-corrected chi connectivity index (χ4v) is 5.49. The largest absolute Gasteiger partial charge is 0.309 e. The zero-order valence-electron chi connectivity index (χ0n) is 18.4. The van der Waals surface area contributed by atoms with Crippen LogP contribution < -0.4 is 0 Å². The molecule has 0 saturated heterocycles. The minimum atomic E-state index is 0.760. The van der Waals surface area contributed by atoms with Crippen molar-refractivity contribution >= 4 is 55.0 Å². The molecule has 0 bridgehead atoms. The van der Waals surface area contributed by atoms with Crippen LogP contribution in [0.3, 0.4) is 0 Å². The molecular weight excluding hydrogens is 434 g/mol. The van der Waals surface area contributed by atoms with Crippen molar-refractivity contribution in [1.29, 1.82) is 0 Å². The van der Waals surface area contributed by atoms with Crippen molar-refractivity contribution in [3.8, 4) is 16.8 Å². The normalized spacial score (nSPS) is 11.7. The lowest BCUT2D eigenvalue weighted by molar-refractivity contribution is 1.19. The van der Waals surface area contributed by atoms with Crippen molar-refractivity contribution in [2.45, 2.75) is 0 Å². The third-order valence-corrected chi connectivity index (χ3v) is 7.05. The maximum absolute atomic E-state index is 6.24. The zero-order chi connectivity index (χ0) is 22.6. The summed E-state index contributed by atoms with van der Waals surface area (Å²) in [6.45, 7) is 0. The van der Waals surface area contributed by atoms with Crippen LogP contribution in [0.2, 0.25) is 5.02 Å². The Morgan fingerprint density at radius 1 is 0.500 bits per heavy atom. The van der Waals surface area contributed by atoms with E-state index >= 15 is 0 Å². The molecule has 1 aromatic heterocycles. The summed E-state index contributed by atoms with van der Waals surface area (Å²) in [7, 11) is 0. The monoisotopic (exact) mass is 453 g/mol. The lowest BCUT2D eigenvalue weighted by Crippen LogP contribution is -1.94. The fourth-order valence-electron chi connectivity index (χ4n) is 5.31. The van der Waals surface area contributed by atoms with E-state index in [0.29, 0.717) is 0 Å². The Morgan fingerprint density at radius 3 is 2.15 bits per heavy atom. The number of benzene rings is 6. The van der Waals surface area contributed by atoms with Crippen molar-refractivity contribution in [1.82, 2.24) is 4.57 Å². The van der Waals surface area contributed by atoms with Crippen LogP contribution in [0, 0.1) is 0 Å². The average molecular weight is 454 g/mol. The predicted molar refractivity (Wildman–Crippen MR) is 146 cm³/mol. The zero-order valence-corrected chi connectivity index (χ0v) is 19.1. The Labute approximate surface area is 202 Å². The second-order valence-corrected chi connectivity index (χ2v) is 9.19. The summed E-state index contributed by atoms with van der Waals surface area (Å²) >= 11 is 6.24. The van der Waals surface area contributed by atoms with Gasteiger partial charge in [-0.25, -0.2) is 0 Å². The summed E-state index contributed by atoms with van der Waals surface area (Å²) < 4.78 is 2.40. The van der Waals surface area contributed by atoms with Gasteiger partial charge in [-0.1, -0.05) is 96.5 Å². The number of hydrogen-bond acceptors (Lipinski definition) is 0. The van der Waals surface area contributed by atoms with Gasteiger partial charge in [0, 0.05) is 21.5 Å². The second-order valence-electron chi connectivity index (χ2n) is 8.76. The second kappa shape index (κ2) is 7.48. The van der Waals surface area contributed by atoms with Crippen molar-refractivity contribution in [3.05, 3.63) is 126 Å². The first-order chi connectivity index (χ1) is 16.8. The molecule has 7 aromatic rings. The van der Waals surface area contributed by atoms with Gasteiger partial charge in [-0.2, -0.15) is 0 Å². The number of rotatable bonds is 2. The molecular formula is C32H20ClN. The Morgan fingerprint density at radius 2 is 1.24 bits per heavy atom. The van der Waals surface area contributed by atoms with Gasteiger partial charge in [0.25, 0.3) is 0 Å². The molecule has 0 aliphatic heterocycles. The molecule has 0 unspecified atom stereocenters. The SMILES string of the molecule is Clc1ccc2cc(-n3c4cccc(-c5ccccc5)c4c4c5ccccc5ccc43)ccc2c1. The highest BCUT2D eigenvalue weighted by atomic mass is 35.5. The summed E-state index contributed by atoms with van der Waals surface area (Å²) in [5, 5.41) is 8.20. The topological polar surface area (TPSA) is 4.93 Å². The van der Waals surface area contributed by atoms with Gasteiger partial charge in [-0.3, -0.25) is 0 Å². The number of aromatic nitrogens is 1. The lowest BCUT2D eigenvalue weighted by atomic mass is 9.97. The molecule has 0 aliphatic rings. The van der Waals surface area contributed by atoms with E-state index in [1.165, 1.54) is 49.1 Å². The lowest BCUT2D eigenvalue weighted by Gasteiger charge is -2.10. The molecule has 7 rings (SSSR count). The van der Waals surface area contributed by atoms with E-state index in [0.717, 1.165) is 16.1 Å². The molecule has 0 fully saturated rings. The van der Waals surface area contributed by atoms with Gasteiger partial charge in [0.2, 0.25) is 0 Å². The first kappa shape index (κ1) is 19.4. The van der Waals surface area contributed by atoms with Gasteiger partial charge in [-0.05, 0) is 69.1 Å². The van der Waals surface area contributed by atoms with Crippen LogP contribution in [-0.2, 0) is 0 Å². The molecule has 6 aromatic carbocycles. The van der Waals surface area contributed by atoms with Crippen LogP contribution in [0.4, 0.5) is 0 Å². The summed E-state index contributed by atoms with van der Waals surface area (Å²) in [4.78, 5) is 0. The Bertz CT molecular complexity index is 1860. The molecule has 0 spiro atoms. The van der Waals surface area contributed by atoms with Gasteiger partial charge in [-0.15, -0.1) is 0 Å². The molecule has 1 heterocycles. The number of nitrogens with zero attached hydrogens (tertiary/aromatic N) is 1. The van der Waals surface area contributed by atoms with E-state index in [1.54, 1.807) is 0 Å². The smallest absolute Gasteiger partial charge is 0.0547 e. The van der Waals surface area contributed by atoms with E-state index < -0.39 is 0 Å². The first-order valence-corrected chi connectivity index (χ1v) is 11.9. The van der Waals surface area contributed by atoms with Crippen molar-refractivity contribution in [3.63, 3.8) is 0 Å². The Hall–Kier alpha value is -4.07. The summed E-state index contributed by atoms with van der Waals surface area (Å²) in [6, 6.07) is 43.2. The highest BCUT2D eigenvalue weighted by Crippen LogP contribution is 2.41. The van der Waals surface area contributed by atoms with E-state index in [1.807, 2.05) is 12.1 Å². The maximum Gasteiger partial charge on any atom is 0.0547 e. The van der Waals surface area contributed by atoms with E-state index in [-0.39, 0.29) is 0 Å². The van der Waals surface area contributed by atoms with Crippen molar-refractivity contribution < 1.29 is 0 Å². The summed E-state index contributed by atoms with van der Waals surface area (Å²) in [5.41, 5.74) is 6.06. The molecule has 0 aliphatic carbocycles. The first-order valence-electron chi connectivity index (χ1n) is 11.5. The molecule has 160 valence electrons. The number of fused-ring (bicyclic) bond motifs is 6. The molecule has 1 nitrogen and oxygen atoms in total. The quantitative estimate of drug-likeness (QED) is 0.245. The molecule has 0 atom stereocenters. The summed E-state index contributed by atoms with van der Waals surface area (Å²) in [5.74, 6) is 0. The maximum atomic E-state index is 6.24. The van der Waals surface area contributed by atoms with Crippen LogP contribution in [-0.4, -0.2) is 4.57 Å². The minimum Gasteiger partial charge on any atom is -0.309 e. The van der Waals surface area contributed by atoms with Crippen LogP contribution in [0.5, 0.6) is 0 Å². The van der Waals surface area contributed by atoms with Crippen LogP contribution in [0.25, 0.3) is 60.2 Å². The van der Waals surface area contributed by atoms with Gasteiger partial charge in [0.05, 0.1) is 11.0 Å². The van der Waals surface area contributed by atoms with E-state index in [9.17, 15) is 0 Å². The predicted octanol–water partition coefficient (Wildman–Crippen LogP) is 9.41. The van der Waals surface area contributed by atoms with E-state index in [2.05, 4.69) is 114 Å². The molecule has 34 heavy (non-hydrogen) atoms. The van der Waals surface area contributed by atoms with Crippen LogP contribution in [0.1, 0.15) is 0 Å². The molecule has 2 heteroatoms. The van der Waals surface area contributed by atoms with Crippen LogP contribution >= 0.6 is 11.6 Å². The standard InChI is InChI=1S/C32H20ClN/c33-25-16-13-24-20-26(17-14-23(24)19-25)34-29-12-6-11-28(21-7-2-1-3-8-21)31(29)32-27-10-5-4-9-22(27)15-18-30(32)34/h1-20H. The number of halogens is 1. The van der Waals surface area contributed by atoms with Gasteiger partial charge in [0.1, 0.15) is 0 Å². The molecule has 0 radical (unpaired) electrons. The van der Waals surface area contributed by atoms with Gasteiger partial charge >= 0.3 is 0 Å². The summed E-state index contributed by atoms with van der Waals surface area (Å²) in [6.07, 6.45) is 0. The third-order valence-electron chi connectivity index (χ3n) is 6.81. The third kappa shape index (κ3) is 2.88. The molecule has 0 N–H and O–H groups in total. The minimum absolute atomic E-state index is 0.760. The Balaban J connectivity index is 1.66. The number of hydrogen-bond donors (Lipinski definition) is 0. The average Bonchev–Trinajstić information content (AvgIpc) is 3.24. The molecule has 0 amide bonds. The van der Waals surface area contributed by atoms with Crippen molar-refractivity contribution in [2.75, 3.05) is 0 Å². The van der Waals surface area contributed by atoms with Crippen LogP contribution in [0.15, 0.2) is 121 Å². The molecule has 0 saturated carbocycles. The van der Waals surface area contributed by atoms with E-state index in [4.69, 9.17) is 11.6 Å². The highest BCUT2D eigenvalue weighted by molar-refractivity contribution is 6.31.